The van der Waals surface area contributed by atoms with Crippen LogP contribution in [0.2, 0.25) is 0 Å². The van der Waals surface area contributed by atoms with Gasteiger partial charge in [-0.1, -0.05) is 15.9 Å². The van der Waals surface area contributed by atoms with Gasteiger partial charge >= 0.3 is 0 Å². The van der Waals surface area contributed by atoms with Crippen molar-refractivity contribution in [1.29, 1.82) is 0 Å². The fourth-order valence-corrected chi connectivity index (χ4v) is 1.54. The summed E-state index contributed by atoms with van der Waals surface area (Å²) in [5.41, 5.74) is 5.54. The third-order valence-electron chi connectivity index (χ3n) is 1.76. The minimum absolute atomic E-state index is 0.0324. The summed E-state index contributed by atoms with van der Waals surface area (Å²) < 4.78 is 30.0. The van der Waals surface area contributed by atoms with E-state index in [2.05, 4.69) is 20.9 Å². The summed E-state index contributed by atoms with van der Waals surface area (Å²) in [6.07, 6.45) is -1.30. The van der Waals surface area contributed by atoms with Crippen molar-refractivity contribution in [3.63, 3.8) is 0 Å². The number of ether oxygens (including phenoxy) is 1. The van der Waals surface area contributed by atoms with Crippen molar-refractivity contribution >= 4 is 21.6 Å². The van der Waals surface area contributed by atoms with Crippen LogP contribution in [-0.4, -0.2) is 12.1 Å². The number of nitrogens with two attached hydrogens (primary N) is 1. The van der Waals surface area contributed by atoms with Gasteiger partial charge in [-0.3, -0.25) is 0 Å². The van der Waals surface area contributed by atoms with E-state index in [-0.39, 0.29) is 22.5 Å². The molecule has 1 aromatic rings. The van der Waals surface area contributed by atoms with Crippen LogP contribution in [0, 0.1) is 0 Å². The van der Waals surface area contributed by atoms with E-state index in [0.717, 1.165) is 0 Å². The zero-order chi connectivity index (χ0) is 10.7. The second kappa shape index (κ2) is 4.54. The normalized spacial score (nSPS) is 10.6. The van der Waals surface area contributed by atoms with Crippen molar-refractivity contribution < 1.29 is 13.5 Å². The summed E-state index contributed by atoms with van der Waals surface area (Å²) >= 11 is 3.09. The van der Waals surface area contributed by atoms with Gasteiger partial charge in [-0.2, -0.15) is 0 Å². The second-order valence-corrected chi connectivity index (χ2v) is 3.12. The predicted molar refractivity (Wildman–Crippen MR) is 52.8 cm³/mol. The summed E-state index contributed by atoms with van der Waals surface area (Å²) in [4.78, 5) is 3.80. The minimum atomic E-state index is -2.63. The average molecular weight is 267 g/mol. The molecule has 1 heterocycles. The Balaban J connectivity index is 3.31. The number of pyridine rings is 1. The van der Waals surface area contributed by atoms with Crippen LogP contribution in [0.4, 0.5) is 14.5 Å². The van der Waals surface area contributed by atoms with Gasteiger partial charge in [-0.25, -0.2) is 13.8 Å². The molecule has 0 aliphatic rings. The Morgan fingerprint density at radius 3 is 2.71 bits per heavy atom. The van der Waals surface area contributed by atoms with Gasteiger partial charge in [-0.15, -0.1) is 0 Å². The van der Waals surface area contributed by atoms with Gasteiger partial charge in [-0.05, 0) is 5.56 Å². The fourth-order valence-electron chi connectivity index (χ4n) is 1.09. The predicted octanol–water partition coefficient (Wildman–Crippen LogP) is 2.50. The molecule has 0 atom stereocenters. The van der Waals surface area contributed by atoms with Gasteiger partial charge in [0.2, 0.25) is 5.88 Å². The largest absolute Gasteiger partial charge is 0.480 e. The van der Waals surface area contributed by atoms with Crippen molar-refractivity contribution in [2.24, 2.45) is 0 Å². The molecular weight excluding hydrogens is 258 g/mol. The van der Waals surface area contributed by atoms with Gasteiger partial charge < -0.3 is 10.5 Å². The standard InChI is InChI=1S/C8H9BrF2N2O/c1-14-8-6(12)5(7(10)11)4(2-9)3-13-8/h3,7H,2,12H2,1H3. The van der Waals surface area contributed by atoms with Crippen LogP contribution in [0.15, 0.2) is 6.20 Å². The average Bonchev–Trinajstić information content (AvgIpc) is 2.16. The quantitative estimate of drug-likeness (QED) is 0.856. The Hall–Kier alpha value is -0.910. The monoisotopic (exact) mass is 266 g/mol. The van der Waals surface area contributed by atoms with Crippen molar-refractivity contribution in [3.05, 3.63) is 17.3 Å². The summed E-state index contributed by atoms with van der Waals surface area (Å²) in [6, 6.07) is 0. The number of hydrogen-bond donors (Lipinski definition) is 1. The number of anilines is 1. The van der Waals surface area contributed by atoms with Gasteiger partial charge in [0, 0.05) is 11.5 Å². The Morgan fingerprint density at radius 1 is 1.64 bits per heavy atom. The molecule has 0 amide bonds. The molecule has 0 saturated carbocycles. The summed E-state index contributed by atoms with van der Waals surface area (Å²) in [7, 11) is 1.34. The zero-order valence-corrected chi connectivity index (χ0v) is 9.01. The highest BCUT2D eigenvalue weighted by Crippen LogP contribution is 2.34. The molecule has 1 rings (SSSR count). The maximum atomic E-state index is 12.6. The fraction of sp³-hybridized carbons (Fsp3) is 0.375. The molecule has 0 aliphatic carbocycles. The molecular formula is C8H9BrF2N2O. The van der Waals surface area contributed by atoms with Gasteiger partial charge in [0.25, 0.3) is 6.43 Å². The molecule has 0 bridgehead atoms. The first-order valence-electron chi connectivity index (χ1n) is 3.77. The third kappa shape index (κ3) is 1.95. The SMILES string of the molecule is COc1ncc(CBr)c(C(F)F)c1N. The molecule has 78 valence electrons. The first-order chi connectivity index (χ1) is 6.61. The molecule has 14 heavy (non-hydrogen) atoms. The van der Waals surface area contributed by atoms with E-state index in [0.29, 0.717) is 5.56 Å². The molecule has 0 unspecified atom stereocenters. The Labute approximate surface area is 88.4 Å². The Morgan fingerprint density at radius 2 is 2.29 bits per heavy atom. The van der Waals surface area contributed by atoms with E-state index in [1.165, 1.54) is 13.3 Å². The topological polar surface area (TPSA) is 48.1 Å². The highest BCUT2D eigenvalue weighted by molar-refractivity contribution is 9.08. The number of methoxy groups -OCH3 is 1. The molecule has 1 aromatic heterocycles. The van der Waals surface area contributed by atoms with E-state index >= 15 is 0 Å². The van der Waals surface area contributed by atoms with E-state index in [4.69, 9.17) is 10.5 Å². The second-order valence-electron chi connectivity index (χ2n) is 2.55. The molecule has 0 fully saturated rings. The summed E-state index contributed by atoms with van der Waals surface area (Å²) in [5, 5.41) is 0.286. The number of halogens is 3. The Bertz CT molecular complexity index is 333. The smallest absolute Gasteiger partial charge is 0.266 e. The first kappa shape index (κ1) is 11.2. The highest BCUT2D eigenvalue weighted by atomic mass is 79.9. The molecule has 0 spiro atoms. The number of aromatic nitrogens is 1. The van der Waals surface area contributed by atoms with E-state index in [1.807, 2.05) is 0 Å². The first-order valence-corrected chi connectivity index (χ1v) is 4.89. The molecule has 3 nitrogen and oxygen atoms in total. The number of rotatable bonds is 3. The zero-order valence-electron chi connectivity index (χ0n) is 7.43. The van der Waals surface area contributed by atoms with Gasteiger partial charge in [0.15, 0.2) is 0 Å². The summed E-state index contributed by atoms with van der Waals surface area (Å²) in [5.74, 6) is 0.0324. The molecule has 6 heteroatoms. The van der Waals surface area contributed by atoms with Crippen LogP contribution in [0.5, 0.6) is 5.88 Å². The van der Waals surface area contributed by atoms with Crippen LogP contribution in [0.25, 0.3) is 0 Å². The summed E-state index contributed by atoms with van der Waals surface area (Å²) in [6.45, 7) is 0. The molecule has 0 aromatic carbocycles. The van der Waals surface area contributed by atoms with Crippen LogP contribution < -0.4 is 10.5 Å². The maximum Gasteiger partial charge on any atom is 0.266 e. The van der Waals surface area contributed by atoms with Crippen LogP contribution in [0.1, 0.15) is 17.6 Å². The van der Waals surface area contributed by atoms with Crippen LogP contribution >= 0.6 is 15.9 Å². The van der Waals surface area contributed by atoms with Gasteiger partial charge in [0.05, 0.1) is 12.7 Å². The van der Waals surface area contributed by atoms with Crippen molar-refractivity contribution in [3.8, 4) is 5.88 Å². The lowest BCUT2D eigenvalue weighted by Crippen LogP contribution is -2.04. The number of hydrogen-bond acceptors (Lipinski definition) is 3. The lowest BCUT2D eigenvalue weighted by molar-refractivity contribution is 0.151. The van der Waals surface area contributed by atoms with Crippen LogP contribution in [0.3, 0.4) is 0 Å². The van der Waals surface area contributed by atoms with Crippen LogP contribution in [-0.2, 0) is 5.33 Å². The molecule has 0 radical (unpaired) electrons. The van der Waals surface area contributed by atoms with Crippen molar-refractivity contribution in [2.45, 2.75) is 11.8 Å². The van der Waals surface area contributed by atoms with E-state index in [1.54, 1.807) is 0 Å². The number of nitrogens with zero attached hydrogens (tertiary/aromatic N) is 1. The minimum Gasteiger partial charge on any atom is -0.480 e. The molecule has 2 N–H and O–H groups in total. The lowest BCUT2D eigenvalue weighted by atomic mass is 10.1. The molecule has 0 saturated heterocycles. The highest BCUT2D eigenvalue weighted by Gasteiger charge is 2.19. The van der Waals surface area contributed by atoms with Gasteiger partial charge in [0.1, 0.15) is 5.69 Å². The Kier molecular flexibility index (Phi) is 3.62. The van der Waals surface area contributed by atoms with Crippen molar-refractivity contribution in [1.82, 2.24) is 4.98 Å². The number of alkyl halides is 3. The van der Waals surface area contributed by atoms with E-state index < -0.39 is 6.43 Å². The van der Waals surface area contributed by atoms with E-state index in [9.17, 15) is 8.78 Å². The molecule has 0 aliphatic heterocycles. The van der Waals surface area contributed by atoms with Crippen molar-refractivity contribution in [2.75, 3.05) is 12.8 Å². The third-order valence-corrected chi connectivity index (χ3v) is 2.36. The number of nitrogen functional groups attached to an aromatic ring is 1. The lowest BCUT2D eigenvalue weighted by Gasteiger charge is -2.11. The maximum absolute atomic E-state index is 12.6.